The van der Waals surface area contributed by atoms with E-state index in [0.717, 1.165) is 23.4 Å². The van der Waals surface area contributed by atoms with E-state index < -0.39 is 5.92 Å². The second-order valence-corrected chi connectivity index (χ2v) is 8.76. The van der Waals surface area contributed by atoms with Crippen LogP contribution in [0.5, 0.6) is 11.5 Å². The molecule has 34 heavy (non-hydrogen) atoms. The maximum Gasteiger partial charge on any atom is 0.238 e. The monoisotopic (exact) mass is 457 g/mol. The molecule has 3 aromatic carbocycles. The van der Waals surface area contributed by atoms with E-state index in [9.17, 15) is 4.79 Å². The Labute approximate surface area is 201 Å². The number of nitrogens with one attached hydrogen (secondary N) is 1. The van der Waals surface area contributed by atoms with E-state index in [1.54, 1.807) is 20.3 Å². The Balaban J connectivity index is 1.76. The van der Waals surface area contributed by atoms with Gasteiger partial charge in [0.05, 0.1) is 25.6 Å². The van der Waals surface area contributed by atoms with Crippen LogP contribution < -0.4 is 14.8 Å². The number of amides is 1. The molecule has 176 valence electrons. The minimum atomic E-state index is -0.566. The third kappa shape index (κ3) is 4.82. The SMILES string of the molecule is COc1cc2c(cc1OC)C(C(=Nc1ccc(CN(C)C(C)C)cc1)c1ccccc1)C(=O)N2. The lowest BCUT2D eigenvalue weighted by molar-refractivity contribution is -0.115. The van der Waals surface area contributed by atoms with E-state index >= 15 is 0 Å². The molecule has 0 bridgehead atoms. The van der Waals surface area contributed by atoms with Gasteiger partial charge in [-0.25, -0.2) is 0 Å². The Morgan fingerprint density at radius 3 is 2.26 bits per heavy atom. The fraction of sp³-hybridized carbons (Fsp3) is 0.286. The number of hydrogen-bond donors (Lipinski definition) is 1. The van der Waals surface area contributed by atoms with Crippen LogP contribution in [0.1, 0.15) is 36.5 Å². The van der Waals surface area contributed by atoms with E-state index in [4.69, 9.17) is 14.5 Å². The number of hydrogen-bond acceptors (Lipinski definition) is 5. The first-order valence-corrected chi connectivity index (χ1v) is 11.4. The summed E-state index contributed by atoms with van der Waals surface area (Å²) in [7, 11) is 5.29. The highest BCUT2D eigenvalue weighted by Crippen LogP contribution is 2.42. The van der Waals surface area contributed by atoms with Crippen molar-refractivity contribution >= 4 is 23.0 Å². The van der Waals surface area contributed by atoms with Crippen molar-refractivity contribution < 1.29 is 14.3 Å². The zero-order valence-corrected chi connectivity index (χ0v) is 20.3. The van der Waals surface area contributed by atoms with Crippen molar-refractivity contribution in [1.82, 2.24) is 4.90 Å². The van der Waals surface area contributed by atoms with Gasteiger partial charge in [-0.15, -0.1) is 0 Å². The lowest BCUT2D eigenvalue weighted by Crippen LogP contribution is -2.25. The second-order valence-electron chi connectivity index (χ2n) is 8.76. The topological polar surface area (TPSA) is 63.2 Å². The smallest absolute Gasteiger partial charge is 0.238 e. The highest BCUT2D eigenvalue weighted by atomic mass is 16.5. The third-order valence-corrected chi connectivity index (χ3v) is 6.23. The maximum absolute atomic E-state index is 13.2. The molecule has 1 N–H and O–H groups in total. The molecule has 1 amide bonds. The van der Waals surface area contributed by atoms with E-state index in [2.05, 4.69) is 43.2 Å². The summed E-state index contributed by atoms with van der Waals surface area (Å²) in [5.41, 5.74) is 5.14. The molecular weight excluding hydrogens is 426 g/mol. The third-order valence-electron chi connectivity index (χ3n) is 6.23. The normalized spacial score (nSPS) is 15.4. The van der Waals surface area contributed by atoms with Gasteiger partial charge in [-0.05, 0) is 55.8 Å². The molecule has 0 saturated heterocycles. The number of nitrogens with zero attached hydrogens (tertiary/aromatic N) is 2. The van der Waals surface area contributed by atoms with E-state index in [0.29, 0.717) is 28.9 Å². The van der Waals surface area contributed by atoms with Gasteiger partial charge in [0, 0.05) is 24.3 Å². The molecule has 1 aliphatic rings. The number of carbonyl (C=O) groups is 1. The number of methoxy groups -OCH3 is 2. The lowest BCUT2D eigenvalue weighted by Gasteiger charge is -2.21. The molecule has 0 spiro atoms. The predicted octanol–water partition coefficient (Wildman–Crippen LogP) is 5.40. The summed E-state index contributed by atoms with van der Waals surface area (Å²) in [5, 5.41) is 2.99. The van der Waals surface area contributed by atoms with Crippen LogP contribution in [0.4, 0.5) is 11.4 Å². The molecular formula is C28H31N3O3. The Bertz CT molecular complexity index is 1190. The quantitative estimate of drug-likeness (QED) is 0.460. The van der Waals surface area contributed by atoms with Crippen molar-refractivity contribution in [2.24, 2.45) is 4.99 Å². The summed E-state index contributed by atoms with van der Waals surface area (Å²) in [5.74, 6) is 0.461. The number of aliphatic imine (C=N–C) groups is 1. The van der Waals surface area contributed by atoms with E-state index in [-0.39, 0.29) is 5.91 Å². The number of carbonyl (C=O) groups excluding carboxylic acids is 1. The van der Waals surface area contributed by atoms with E-state index in [1.807, 2.05) is 48.5 Å². The molecule has 0 aromatic heterocycles. The molecule has 1 unspecified atom stereocenters. The molecule has 6 heteroatoms. The van der Waals surface area contributed by atoms with Gasteiger partial charge in [-0.3, -0.25) is 14.7 Å². The molecule has 4 rings (SSSR count). The van der Waals surface area contributed by atoms with Crippen LogP contribution in [-0.4, -0.2) is 43.8 Å². The molecule has 3 aromatic rings. The van der Waals surface area contributed by atoms with Crippen LogP contribution in [0.3, 0.4) is 0 Å². The van der Waals surface area contributed by atoms with Crippen LogP contribution in [0.2, 0.25) is 0 Å². The average Bonchev–Trinajstić information content (AvgIpc) is 3.17. The van der Waals surface area contributed by atoms with Crippen molar-refractivity contribution in [3.63, 3.8) is 0 Å². The molecule has 1 atom stereocenters. The summed E-state index contributed by atoms with van der Waals surface area (Å²) in [6.45, 7) is 5.23. The van der Waals surface area contributed by atoms with Gasteiger partial charge in [0.1, 0.15) is 5.92 Å². The average molecular weight is 458 g/mol. The number of anilines is 1. The molecule has 0 saturated carbocycles. The Kier molecular flexibility index (Phi) is 6.98. The summed E-state index contributed by atoms with van der Waals surface area (Å²) in [6.07, 6.45) is 0. The highest BCUT2D eigenvalue weighted by molar-refractivity contribution is 6.24. The first-order valence-electron chi connectivity index (χ1n) is 11.4. The summed E-state index contributed by atoms with van der Waals surface area (Å²) in [4.78, 5) is 20.5. The van der Waals surface area contributed by atoms with Gasteiger partial charge in [0.2, 0.25) is 5.91 Å². The molecule has 1 aliphatic heterocycles. The van der Waals surface area contributed by atoms with Gasteiger partial charge in [-0.2, -0.15) is 0 Å². The van der Waals surface area contributed by atoms with Crippen molar-refractivity contribution in [2.75, 3.05) is 26.6 Å². The van der Waals surface area contributed by atoms with Crippen molar-refractivity contribution in [3.05, 3.63) is 83.4 Å². The Hall–Kier alpha value is -3.64. The predicted molar refractivity (Wildman–Crippen MR) is 137 cm³/mol. The summed E-state index contributed by atoms with van der Waals surface area (Å²) < 4.78 is 10.9. The molecule has 6 nitrogen and oxygen atoms in total. The van der Waals surface area contributed by atoms with Crippen molar-refractivity contribution in [1.29, 1.82) is 0 Å². The number of fused-ring (bicyclic) bond motifs is 1. The Morgan fingerprint density at radius 1 is 1.00 bits per heavy atom. The van der Waals surface area contributed by atoms with Gasteiger partial charge in [0.15, 0.2) is 11.5 Å². The van der Waals surface area contributed by atoms with Gasteiger partial charge in [0.25, 0.3) is 0 Å². The van der Waals surface area contributed by atoms with Crippen LogP contribution in [0.15, 0.2) is 71.7 Å². The maximum atomic E-state index is 13.2. The first kappa shape index (κ1) is 23.5. The van der Waals surface area contributed by atoms with Crippen LogP contribution in [0, 0.1) is 0 Å². The number of rotatable bonds is 8. The summed E-state index contributed by atoms with van der Waals surface area (Å²) in [6, 6.07) is 22.2. The van der Waals surface area contributed by atoms with Crippen molar-refractivity contribution in [3.8, 4) is 11.5 Å². The first-order chi connectivity index (χ1) is 16.4. The van der Waals surface area contributed by atoms with Gasteiger partial charge >= 0.3 is 0 Å². The van der Waals surface area contributed by atoms with Crippen molar-refractivity contribution in [2.45, 2.75) is 32.4 Å². The Morgan fingerprint density at radius 2 is 1.65 bits per heavy atom. The highest BCUT2D eigenvalue weighted by Gasteiger charge is 2.36. The minimum absolute atomic E-state index is 0.122. The van der Waals surface area contributed by atoms with Crippen LogP contribution >= 0.6 is 0 Å². The number of ether oxygens (including phenoxy) is 2. The molecule has 0 radical (unpaired) electrons. The lowest BCUT2D eigenvalue weighted by atomic mass is 9.90. The van der Waals surface area contributed by atoms with Crippen LogP contribution in [0.25, 0.3) is 0 Å². The van der Waals surface area contributed by atoms with Gasteiger partial charge < -0.3 is 14.8 Å². The van der Waals surface area contributed by atoms with E-state index in [1.165, 1.54) is 5.56 Å². The molecule has 0 aliphatic carbocycles. The fourth-order valence-corrected chi connectivity index (χ4v) is 4.05. The minimum Gasteiger partial charge on any atom is -0.493 e. The summed E-state index contributed by atoms with van der Waals surface area (Å²) >= 11 is 0. The zero-order valence-electron chi connectivity index (χ0n) is 20.3. The van der Waals surface area contributed by atoms with Gasteiger partial charge in [-0.1, -0.05) is 42.5 Å². The zero-order chi connectivity index (χ0) is 24.2. The largest absolute Gasteiger partial charge is 0.493 e. The standard InChI is InChI=1S/C28H31N3O3/c1-18(2)31(3)17-19-11-13-21(14-12-19)29-27(20-9-7-6-8-10-20)26-22-15-24(33-4)25(34-5)16-23(22)30-28(26)32/h6-16,18,26H,17H2,1-5H3,(H,30,32). The second kappa shape index (κ2) is 10.1. The molecule has 0 fully saturated rings. The number of benzene rings is 3. The molecule has 1 heterocycles. The fourth-order valence-electron chi connectivity index (χ4n) is 4.05. The van der Waals surface area contributed by atoms with Crippen LogP contribution in [-0.2, 0) is 11.3 Å².